The van der Waals surface area contributed by atoms with Crippen molar-refractivity contribution in [3.05, 3.63) is 59.7 Å². The number of aromatic nitrogens is 1. The lowest BCUT2D eigenvalue weighted by Gasteiger charge is -2.31. The minimum absolute atomic E-state index is 0.0877. The van der Waals surface area contributed by atoms with Gasteiger partial charge in [0.1, 0.15) is 17.2 Å². The normalized spacial score (nSPS) is 17.3. The first kappa shape index (κ1) is 17.9. The fourth-order valence-electron chi connectivity index (χ4n) is 3.37. The summed E-state index contributed by atoms with van der Waals surface area (Å²) in [6.07, 6.45) is 1.63. The number of halogens is 2. The van der Waals surface area contributed by atoms with E-state index in [1.165, 1.54) is 23.5 Å². The molecular weight excluding hydrogens is 368 g/mol. The van der Waals surface area contributed by atoms with Crippen LogP contribution in [-0.4, -0.2) is 24.0 Å². The van der Waals surface area contributed by atoms with Gasteiger partial charge in [0.25, 0.3) is 0 Å². The summed E-state index contributed by atoms with van der Waals surface area (Å²) in [5, 5.41) is 3.57. The highest BCUT2D eigenvalue weighted by Crippen LogP contribution is 2.32. The van der Waals surface area contributed by atoms with Crippen molar-refractivity contribution in [3.63, 3.8) is 0 Å². The van der Waals surface area contributed by atoms with E-state index in [9.17, 15) is 13.6 Å². The first-order valence-electron chi connectivity index (χ1n) is 8.93. The lowest BCUT2D eigenvalue weighted by Crippen LogP contribution is -2.43. The third kappa shape index (κ3) is 3.78. The van der Waals surface area contributed by atoms with Crippen LogP contribution >= 0.6 is 11.3 Å². The van der Waals surface area contributed by atoms with Crippen LogP contribution in [-0.2, 0) is 11.3 Å². The maximum atomic E-state index is 13.9. The van der Waals surface area contributed by atoms with Crippen LogP contribution in [0, 0.1) is 17.6 Å². The number of hydrogen-bond donors (Lipinski definition) is 1. The Labute approximate surface area is 159 Å². The van der Waals surface area contributed by atoms with E-state index >= 15 is 0 Å². The molecule has 1 unspecified atom stereocenters. The number of piperidine rings is 1. The van der Waals surface area contributed by atoms with Gasteiger partial charge in [-0.2, -0.15) is 0 Å². The third-order valence-electron chi connectivity index (χ3n) is 4.83. The highest BCUT2D eigenvalue weighted by Gasteiger charge is 2.27. The van der Waals surface area contributed by atoms with E-state index in [-0.39, 0.29) is 30.0 Å². The molecule has 1 aliphatic heterocycles. The number of amides is 1. The first-order valence-corrected chi connectivity index (χ1v) is 9.74. The molecular formula is C20H19F2N3OS. The molecule has 0 spiro atoms. The largest absolute Gasteiger partial charge is 0.352 e. The molecule has 1 aromatic heterocycles. The number of benzene rings is 2. The Balaban J connectivity index is 1.43. The summed E-state index contributed by atoms with van der Waals surface area (Å²) in [7, 11) is 0. The van der Waals surface area contributed by atoms with Crippen LogP contribution in [0.1, 0.15) is 18.4 Å². The molecule has 3 aromatic rings. The smallest absolute Gasteiger partial charge is 0.225 e. The predicted molar refractivity (Wildman–Crippen MR) is 103 cm³/mol. The molecule has 1 saturated heterocycles. The topological polar surface area (TPSA) is 45.2 Å². The van der Waals surface area contributed by atoms with Crippen molar-refractivity contribution in [1.29, 1.82) is 0 Å². The van der Waals surface area contributed by atoms with Gasteiger partial charge in [0, 0.05) is 25.2 Å². The van der Waals surface area contributed by atoms with Crippen LogP contribution in [0.2, 0.25) is 0 Å². The molecule has 1 fully saturated rings. The van der Waals surface area contributed by atoms with E-state index < -0.39 is 0 Å². The van der Waals surface area contributed by atoms with Gasteiger partial charge in [-0.05, 0) is 31.0 Å². The number of rotatable bonds is 4. The van der Waals surface area contributed by atoms with Gasteiger partial charge in [0.15, 0.2) is 5.13 Å². The number of anilines is 1. The van der Waals surface area contributed by atoms with Crippen LogP contribution in [0.25, 0.3) is 10.2 Å². The van der Waals surface area contributed by atoms with Gasteiger partial charge in [0.05, 0.1) is 10.6 Å². The molecule has 2 heterocycles. The molecule has 140 valence electrons. The number of fused-ring (bicyclic) bond motifs is 1. The first-order chi connectivity index (χ1) is 13.1. The highest BCUT2D eigenvalue weighted by molar-refractivity contribution is 7.22. The van der Waals surface area contributed by atoms with Crippen LogP contribution in [0.15, 0.2) is 42.5 Å². The minimum Gasteiger partial charge on any atom is -0.352 e. The van der Waals surface area contributed by atoms with Crippen LogP contribution < -0.4 is 10.2 Å². The Kier molecular flexibility index (Phi) is 5.03. The van der Waals surface area contributed by atoms with Crippen molar-refractivity contribution in [2.45, 2.75) is 19.4 Å². The molecule has 2 aromatic carbocycles. The minimum atomic E-state index is -0.328. The van der Waals surface area contributed by atoms with Gasteiger partial charge >= 0.3 is 0 Å². The van der Waals surface area contributed by atoms with E-state index in [4.69, 9.17) is 0 Å². The second kappa shape index (κ2) is 7.60. The zero-order valence-electron chi connectivity index (χ0n) is 14.6. The molecule has 7 heteroatoms. The molecule has 0 radical (unpaired) electrons. The zero-order valence-corrected chi connectivity index (χ0v) is 15.4. The molecule has 1 N–H and O–H groups in total. The quantitative estimate of drug-likeness (QED) is 0.733. The van der Waals surface area contributed by atoms with E-state index in [0.717, 1.165) is 29.2 Å². The van der Waals surface area contributed by atoms with Crippen molar-refractivity contribution < 1.29 is 13.6 Å². The van der Waals surface area contributed by atoms with Crippen molar-refractivity contribution in [2.24, 2.45) is 5.92 Å². The van der Waals surface area contributed by atoms with Crippen LogP contribution in [0.3, 0.4) is 0 Å². The summed E-state index contributed by atoms with van der Waals surface area (Å²) in [5.41, 5.74) is 0.851. The number of thiazole rings is 1. The summed E-state index contributed by atoms with van der Waals surface area (Å²) in [5.74, 6) is -0.927. The number of nitrogens with zero attached hydrogens (tertiary/aromatic N) is 2. The molecule has 4 rings (SSSR count). The predicted octanol–water partition coefficient (Wildman–Crippen LogP) is 4.11. The summed E-state index contributed by atoms with van der Waals surface area (Å²) in [6.45, 7) is 1.50. The monoisotopic (exact) mass is 387 g/mol. The van der Waals surface area contributed by atoms with Gasteiger partial charge in [-0.3, -0.25) is 4.79 Å². The van der Waals surface area contributed by atoms with Crippen molar-refractivity contribution >= 4 is 32.6 Å². The Morgan fingerprint density at radius 3 is 2.81 bits per heavy atom. The Morgan fingerprint density at radius 2 is 2.00 bits per heavy atom. The molecule has 0 saturated carbocycles. The van der Waals surface area contributed by atoms with E-state index in [1.807, 2.05) is 11.0 Å². The Bertz CT molecular complexity index is 975. The van der Waals surface area contributed by atoms with Gasteiger partial charge in [-0.1, -0.05) is 35.6 Å². The zero-order chi connectivity index (χ0) is 18.8. The third-order valence-corrected chi connectivity index (χ3v) is 5.91. The molecule has 1 aliphatic rings. The second-order valence-electron chi connectivity index (χ2n) is 6.68. The molecule has 27 heavy (non-hydrogen) atoms. The lowest BCUT2D eigenvalue weighted by atomic mass is 9.97. The van der Waals surface area contributed by atoms with E-state index in [1.54, 1.807) is 24.3 Å². The second-order valence-corrected chi connectivity index (χ2v) is 7.69. The average molecular weight is 387 g/mol. The van der Waals surface area contributed by atoms with Gasteiger partial charge in [-0.25, -0.2) is 13.8 Å². The van der Waals surface area contributed by atoms with Crippen LogP contribution in [0.5, 0.6) is 0 Å². The molecule has 0 bridgehead atoms. The summed E-state index contributed by atoms with van der Waals surface area (Å²) < 4.78 is 28.4. The fraction of sp³-hybridized carbons (Fsp3) is 0.300. The molecule has 1 atom stereocenters. The average Bonchev–Trinajstić information content (AvgIpc) is 3.13. The van der Waals surface area contributed by atoms with Gasteiger partial charge in [0.2, 0.25) is 5.91 Å². The summed E-state index contributed by atoms with van der Waals surface area (Å²) in [6, 6.07) is 11.4. The SMILES string of the molecule is O=C(NCc1ccccc1F)C1CCCN(c2nc3c(F)cccc3s2)C1. The maximum absolute atomic E-state index is 13.9. The highest BCUT2D eigenvalue weighted by atomic mass is 32.1. The maximum Gasteiger partial charge on any atom is 0.225 e. The van der Waals surface area contributed by atoms with Crippen molar-refractivity contribution in [2.75, 3.05) is 18.0 Å². The lowest BCUT2D eigenvalue weighted by molar-refractivity contribution is -0.125. The molecule has 1 amide bonds. The number of para-hydroxylation sites is 1. The molecule has 4 nitrogen and oxygen atoms in total. The number of carbonyl (C=O) groups excluding carboxylic acids is 1. The fourth-order valence-corrected chi connectivity index (χ4v) is 4.39. The number of carbonyl (C=O) groups is 1. The Hall–Kier alpha value is -2.54. The summed E-state index contributed by atoms with van der Waals surface area (Å²) >= 11 is 1.44. The van der Waals surface area contributed by atoms with Gasteiger partial charge < -0.3 is 10.2 Å². The molecule has 0 aliphatic carbocycles. The van der Waals surface area contributed by atoms with Crippen LogP contribution in [0.4, 0.5) is 13.9 Å². The standard InChI is InChI=1S/C20H19F2N3OS/c21-15-7-2-1-5-13(15)11-23-19(26)14-6-4-10-25(12-14)20-24-18-16(22)8-3-9-17(18)27-20/h1-3,5,7-9,14H,4,6,10-12H2,(H,23,26). The summed E-state index contributed by atoms with van der Waals surface area (Å²) in [4.78, 5) is 19.0. The van der Waals surface area contributed by atoms with Crippen molar-refractivity contribution in [1.82, 2.24) is 10.3 Å². The van der Waals surface area contributed by atoms with Crippen molar-refractivity contribution in [3.8, 4) is 0 Å². The Morgan fingerprint density at radius 1 is 1.19 bits per heavy atom. The van der Waals surface area contributed by atoms with E-state index in [2.05, 4.69) is 10.3 Å². The number of nitrogens with one attached hydrogen (secondary N) is 1. The van der Waals surface area contributed by atoms with E-state index in [0.29, 0.717) is 17.6 Å². The van der Waals surface area contributed by atoms with Gasteiger partial charge in [-0.15, -0.1) is 0 Å². The number of hydrogen-bond acceptors (Lipinski definition) is 4.